The fraction of sp³-hybridized carbons (Fsp3) is 0.632. The van der Waals surface area contributed by atoms with E-state index in [2.05, 4.69) is 20.6 Å². The Morgan fingerprint density at radius 1 is 1.32 bits per heavy atom. The van der Waals surface area contributed by atoms with Gasteiger partial charge in [-0.15, -0.1) is 24.0 Å². The van der Waals surface area contributed by atoms with Gasteiger partial charge in [-0.05, 0) is 32.3 Å². The fourth-order valence-corrected chi connectivity index (χ4v) is 3.90. The first-order valence-electron chi connectivity index (χ1n) is 10.1. The Hall–Kier alpha value is -1.50. The zero-order chi connectivity index (χ0) is 21.7. The van der Waals surface area contributed by atoms with E-state index in [9.17, 15) is 18.0 Å². The lowest BCUT2D eigenvalue weighted by Gasteiger charge is -2.21. The van der Waals surface area contributed by atoms with Gasteiger partial charge in [0.1, 0.15) is 12.4 Å². The number of carbonyl (C=O) groups excluding carboxylic acids is 1. The third-order valence-electron chi connectivity index (χ3n) is 5.15. The molecule has 1 unspecified atom stereocenters. The number of aromatic nitrogens is 1. The van der Waals surface area contributed by atoms with Crippen molar-refractivity contribution in [3.8, 4) is 0 Å². The van der Waals surface area contributed by atoms with Crippen LogP contribution in [0.3, 0.4) is 0 Å². The van der Waals surface area contributed by atoms with Crippen molar-refractivity contribution in [3.63, 3.8) is 0 Å². The van der Waals surface area contributed by atoms with Crippen LogP contribution in [-0.2, 0) is 11.0 Å². The molecule has 2 saturated heterocycles. The molecule has 1 amide bonds. The van der Waals surface area contributed by atoms with Crippen molar-refractivity contribution in [1.29, 1.82) is 0 Å². The quantitative estimate of drug-likeness (QED) is 0.321. The van der Waals surface area contributed by atoms with Crippen molar-refractivity contribution in [2.24, 2.45) is 4.99 Å². The topological polar surface area (TPSA) is 72.9 Å². The van der Waals surface area contributed by atoms with Crippen LogP contribution >= 0.6 is 35.6 Å². The molecule has 174 valence electrons. The molecule has 7 nitrogen and oxygen atoms in total. The van der Waals surface area contributed by atoms with Gasteiger partial charge < -0.3 is 20.4 Å². The standard InChI is InChI=1S/C19H26ClF3N6O.HI/c1-2-24-18(26-11-16(30)28-6-3-4-7-28)27-14-5-8-29(12-14)17-15(20)9-13(10-25-17)19(21,22)23;/h9-10,14H,2-8,11-12H2,1H3,(H2,24,26,27);1H. The highest BCUT2D eigenvalue weighted by molar-refractivity contribution is 14.0. The zero-order valence-corrected chi connectivity index (χ0v) is 20.3. The second-order valence-electron chi connectivity index (χ2n) is 7.39. The minimum absolute atomic E-state index is 0. The summed E-state index contributed by atoms with van der Waals surface area (Å²) < 4.78 is 38.4. The first kappa shape index (κ1) is 25.8. The molecule has 3 heterocycles. The van der Waals surface area contributed by atoms with E-state index >= 15 is 0 Å². The molecular weight excluding hydrogens is 548 g/mol. The van der Waals surface area contributed by atoms with Gasteiger partial charge >= 0.3 is 6.18 Å². The summed E-state index contributed by atoms with van der Waals surface area (Å²) in [7, 11) is 0. The SMILES string of the molecule is CCNC(=NCC(=O)N1CCCC1)NC1CCN(c2ncc(C(F)(F)F)cc2Cl)C1.I. The predicted octanol–water partition coefficient (Wildman–Crippen LogP) is 3.13. The maximum Gasteiger partial charge on any atom is 0.417 e. The van der Waals surface area contributed by atoms with Gasteiger partial charge in [0, 0.05) is 45.0 Å². The van der Waals surface area contributed by atoms with Gasteiger partial charge in [-0.2, -0.15) is 13.2 Å². The number of nitrogens with zero attached hydrogens (tertiary/aromatic N) is 4. The summed E-state index contributed by atoms with van der Waals surface area (Å²) in [4.78, 5) is 24.2. The van der Waals surface area contributed by atoms with Crippen LogP contribution in [0.1, 0.15) is 31.7 Å². The van der Waals surface area contributed by atoms with Gasteiger partial charge in [-0.1, -0.05) is 11.6 Å². The number of hydrogen-bond donors (Lipinski definition) is 2. The highest BCUT2D eigenvalue weighted by Crippen LogP contribution is 2.34. The molecule has 0 aliphatic carbocycles. The number of guanidine groups is 1. The monoisotopic (exact) mass is 574 g/mol. The highest BCUT2D eigenvalue weighted by atomic mass is 127. The lowest BCUT2D eigenvalue weighted by Crippen LogP contribution is -2.45. The molecule has 1 atom stereocenters. The van der Waals surface area contributed by atoms with Gasteiger partial charge in [-0.3, -0.25) is 4.79 Å². The highest BCUT2D eigenvalue weighted by Gasteiger charge is 2.33. The van der Waals surface area contributed by atoms with E-state index in [1.165, 1.54) is 0 Å². The lowest BCUT2D eigenvalue weighted by molar-refractivity contribution is -0.137. The second-order valence-corrected chi connectivity index (χ2v) is 7.79. The van der Waals surface area contributed by atoms with E-state index in [1.807, 2.05) is 16.7 Å². The molecule has 2 fully saturated rings. The molecule has 0 bridgehead atoms. The van der Waals surface area contributed by atoms with Crippen molar-refractivity contribution in [1.82, 2.24) is 20.5 Å². The molecular formula is C19H27ClF3IN6O. The zero-order valence-electron chi connectivity index (χ0n) is 17.2. The number of alkyl halides is 3. The van der Waals surface area contributed by atoms with E-state index in [1.54, 1.807) is 0 Å². The lowest BCUT2D eigenvalue weighted by atomic mass is 10.2. The largest absolute Gasteiger partial charge is 0.417 e. The Morgan fingerprint density at radius 2 is 2.03 bits per heavy atom. The molecule has 0 radical (unpaired) electrons. The van der Waals surface area contributed by atoms with Gasteiger partial charge in [0.25, 0.3) is 0 Å². The van der Waals surface area contributed by atoms with Crippen molar-refractivity contribution < 1.29 is 18.0 Å². The van der Waals surface area contributed by atoms with Crippen LogP contribution in [0.2, 0.25) is 5.02 Å². The average Bonchev–Trinajstić information content (AvgIpc) is 3.37. The molecule has 2 aliphatic rings. The number of pyridine rings is 1. The molecule has 0 spiro atoms. The maximum absolute atomic E-state index is 12.8. The van der Waals surface area contributed by atoms with Crippen LogP contribution < -0.4 is 15.5 Å². The number of anilines is 1. The van der Waals surface area contributed by atoms with Crippen LogP contribution in [0.4, 0.5) is 19.0 Å². The number of hydrogen-bond acceptors (Lipinski definition) is 4. The number of rotatable bonds is 5. The van der Waals surface area contributed by atoms with Crippen molar-refractivity contribution in [3.05, 3.63) is 22.8 Å². The summed E-state index contributed by atoms with van der Waals surface area (Å²) in [5.41, 5.74) is -0.866. The fourth-order valence-electron chi connectivity index (χ4n) is 3.62. The Morgan fingerprint density at radius 3 is 2.65 bits per heavy atom. The van der Waals surface area contributed by atoms with Crippen LogP contribution in [0.5, 0.6) is 0 Å². The number of likely N-dealkylation sites (tertiary alicyclic amines) is 1. The van der Waals surface area contributed by atoms with Gasteiger partial charge in [0.05, 0.1) is 10.6 Å². The summed E-state index contributed by atoms with van der Waals surface area (Å²) in [6.45, 7) is 5.36. The summed E-state index contributed by atoms with van der Waals surface area (Å²) in [5, 5.41) is 6.40. The van der Waals surface area contributed by atoms with E-state index < -0.39 is 11.7 Å². The summed E-state index contributed by atoms with van der Waals surface area (Å²) in [6.07, 6.45) is -0.868. The molecule has 31 heavy (non-hydrogen) atoms. The Bertz CT molecular complexity index is 788. The first-order valence-corrected chi connectivity index (χ1v) is 10.5. The third-order valence-corrected chi connectivity index (χ3v) is 5.43. The van der Waals surface area contributed by atoms with E-state index in [-0.39, 0.29) is 47.5 Å². The number of aliphatic imine (C=N–C) groups is 1. The summed E-state index contributed by atoms with van der Waals surface area (Å²) >= 11 is 6.06. The van der Waals surface area contributed by atoms with Crippen LogP contribution in [0, 0.1) is 0 Å². The maximum atomic E-state index is 12.8. The smallest absolute Gasteiger partial charge is 0.357 e. The number of nitrogens with one attached hydrogen (secondary N) is 2. The molecule has 2 N–H and O–H groups in total. The van der Waals surface area contributed by atoms with E-state index in [0.717, 1.165) is 44.6 Å². The molecule has 0 saturated carbocycles. The molecule has 1 aromatic heterocycles. The molecule has 2 aliphatic heterocycles. The first-order chi connectivity index (χ1) is 14.3. The minimum Gasteiger partial charge on any atom is -0.357 e. The van der Waals surface area contributed by atoms with Crippen LogP contribution in [0.15, 0.2) is 17.3 Å². The summed E-state index contributed by atoms with van der Waals surface area (Å²) in [6, 6.07) is 0.907. The molecule has 3 rings (SSSR count). The van der Waals surface area contributed by atoms with Crippen LogP contribution in [0.25, 0.3) is 0 Å². The van der Waals surface area contributed by atoms with E-state index in [4.69, 9.17) is 11.6 Å². The number of halogens is 5. The predicted molar refractivity (Wildman–Crippen MR) is 125 cm³/mol. The number of amides is 1. The van der Waals surface area contributed by atoms with Gasteiger partial charge in [-0.25, -0.2) is 9.98 Å². The normalized spacial score (nSPS) is 19.4. The van der Waals surface area contributed by atoms with Crippen molar-refractivity contribution in [2.45, 2.75) is 38.4 Å². The Balaban J connectivity index is 0.00000341. The van der Waals surface area contributed by atoms with Crippen LogP contribution in [-0.4, -0.2) is 67.1 Å². The molecule has 0 aromatic carbocycles. The number of carbonyl (C=O) groups is 1. The molecule has 1 aromatic rings. The Labute approximate surface area is 201 Å². The second kappa shape index (κ2) is 11.4. The Kier molecular flexibility index (Phi) is 9.46. The minimum atomic E-state index is -4.48. The van der Waals surface area contributed by atoms with E-state index in [0.29, 0.717) is 31.4 Å². The summed E-state index contributed by atoms with van der Waals surface area (Å²) in [5.74, 6) is 0.891. The average molecular weight is 575 g/mol. The van der Waals surface area contributed by atoms with Crippen molar-refractivity contribution >= 4 is 53.3 Å². The third kappa shape index (κ3) is 6.99. The molecule has 12 heteroatoms. The van der Waals surface area contributed by atoms with Gasteiger partial charge in [0.15, 0.2) is 5.96 Å². The van der Waals surface area contributed by atoms with Crippen molar-refractivity contribution in [2.75, 3.05) is 44.2 Å². The van der Waals surface area contributed by atoms with Gasteiger partial charge in [0.2, 0.25) is 5.91 Å².